The summed E-state index contributed by atoms with van der Waals surface area (Å²) in [4.78, 5) is 40.6. The quantitative estimate of drug-likeness (QED) is 0.828. The molecule has 3 rings (SSSR count). The van der Waals surface area contributed by atoms with E-state index in [1.54, 1.807) is 29.2 Å². The number of hydrogen-bond donors (Lipinski definition) is 1. The fraction of sp³-hybridized carbons (Fsp3) is 0.250. The molecule has 1 aromatic heterocycles. The second-order valence-corrected chi connectivity index (χ2v) is 5.26. The van der Waals surface area contributed by atoms with Crippen LogP contribution in [0.2, 0.25) is 0 Å². The predicted octanol–water partition coefficient (Wildman–Crippen LogP) is 0.505. The van der Waals surface area contributed by atoms with Gasteiger partial charge in [-0.3, -0.25) is 14.4 Å². The highest BCUT2D eigenvalue weighted by Gasteiger charge is 2.21. The first-order valence-electron chi connectivity index (χ1n) is 7.13. The van der Waals surface area contributed by atoms with Crippen molar-refractivity contribution in [3.63, 3.8) is 0 Å². The third kappa shape index (κ3) is 2.91. The maximum atomic E-state index is 11.8. The molecule has 1 saturated heterocycles. The number of para-hydroxylation sites is 1. The van der Waals surface area contributed by atoms with Gasteiger partial charge in [-0.15, -0.1) is 0 Å². The number of carbonyl (C=O) groups is 3. The summed E-state index contributed by atoms with van der Waals surface area (Å²) >= 11 is 0. The minimum atomic E-state index is -0.601. The summed E-state index contributed by atoms with van der Waals surface area (Å²) in [5.74, 6) is -0.727. The van der Waals surface area contributed by atoms with Gasteiger partial charge >= 0.3 is 0 Å². The van der Waals surface area contributed by atoms with Crippen LogP contribution < -0.4 is 5.73 Å². The van der Waals surface area contributed by atoms with E-state index in [0.29, 0.717) is 35.9 Å². The Kier molecular flexibility index (Phi) is 4.03. The largest absolute Gasteiger partial charge is 0.370 e. The summed E-state index contributed by atoms with van der Waals surface area (Å²) < 4.78 is 5.09. The molecular weight excluding hydrogens is 298 g/mol. The lowest BCUT2D eigenvalue weighted by molar-refractivity contribution is -0.143. The number of aromatic nitrogens is 1. The first-order chi connectivity index (χ1) is 11.1. The zero-order chi connectivity index (χ0) is 16.4. The fourth-order valence-corrected chi connectivity index (χ4v) is 2.61. The van der Waals surface area contributed by atoms with Gasteiger partial charge < -0.3 is 15.4 Å². The third-order valence-corrected chi connectivity index (χ3v) is 3.78. The van der Waals surface area contributed by atoms with E-state index >= 15 is 0 Å². The van der Waals surface area contributed by atoms with Crippen molar-refractivity contribution in [2.45, 2.75) is 6.54 Å². The van der Waals surface area contributed by atoms with E-state index in [4.69, 9.17) is 10.5 Å². The van der Waals surface area contributed by atoms with Crippen LogP contribution in [0.25, 0.3) is 10.9 Å². The molecule has 2 amide bonds. The SMILES string of the molecule is NC(=O)c1cccc2cc(CN3CCOCC3=O)c(C=O)nc12. The van der Waals surface area contributed by atoms with Gasteiger partial charge in [0.2, 0.25) is 5.91 Å². The minimum absolute atomic E-state index is 0.0449. The van der Waals surface area contributed by atoms with Gasteiger partial charge in [-0.25, -0.2) is 4.98 Å². The molecule has 1 fully saturated rings. The highest BCUT2D eigenvalue weighted by atomic mass is 16.5. The lowest BCUT2D eigenvalue weighted by Crippen LogP contribution is -2.41. The molecule has 23 heavy (non-hydrogen) atoms. The smallest absolute Gasteiger partial charge is 0.250 e. The maximum Gasteiger partial charge on any atom is 0.250 e. The van der Waals surface area contributed by atoms with Gasteiger partial charge in [0.25, 0.3) is 5.91 Å². The van der Waals surface area contributed by atoms with Crippen LogP contribution in [0.1, 0.15) is 26.4 Å². The number of aldehydes is 1. The molecule has 0 unspecified atom stereocenters. The minimum Gasteiger partial charge on any atom is -0.370 e. The van der Waals surface area contributed by atoms with Crippen LogP contribution >= 0.6 is 0 Å². The van der Waals surface area contributed by atoms with E-state index in [1.807, 2.05) is 0 Å². The van der Waals surface area contributed by atoms with E-state index in [1.165, 1.54) is 0 Å². The van der Waals surface area contributed by atoms with E-state index in [9.17, 15) is 14.4 Å². The van der Waals surface area contributed by atoms with Crippen molar-refractivity contribution in [2.24, 2.45) is 5.73 Å². The monoisotopic (exact) mass is 313 g/mol. The van der Waals surface area contributed by atoms with E-state index in [0.717, 1.165) is 0 Å². The van der Waals surface area contributed by atoms with Crippen molar-refractivity contribution in [3.05, 3.63) is 41.1 Å². The van der Waals surface area contributed by atoms with Gasteiger partial charge in [-0.05, 0) is 12.1 Å². The molecule has 1 aliphatic rings. The molecule has 7 nitrogen and oxygen atoms in total. The zero-order valence-corrected chi connectivity index (χ0v) is 12.3. The van der Waals surface area contributed by atoms with E-state index < -0.39 is 5.91 Å². The third-order valence-electron chi connectivity index (χ3n) is 3.78. The van der Waals surface area contributed by atoms with Gasteiger partial charge in [0.15, 0.2) is 6.29 Å². The molecule has 1 aromatic carbocycles. The van der Waals surface area contributed by atoms with Gasteiger partial charge in [0, 0.05) is 24.0 Å². The number of ether oxygens (including phenoxy) is 1. The average molecular weight is 313 g/mol. The highest BCUT2D eigenvalue weighted by molar-refractivity contribution is 6.05. The molecule has 0 bridgehead atoms. The molecule has 2 N–H and O–H groups in total. The number of hydrogen-bond acceptors (Lipinski definition) is 5. The molecule has 0 saturated carbocycles. The van der Waals surface area contributed by atoms with E-state index in [-0.39, 0.29) is 30.3 Å². The van der Waals surface area contributed by atoms with Gasteiger partial charge in [-0.1, -0.05) is 12.1 Å². The summed E-state index contributed by atoms with van der Waals surface area (Å²) in [6.45, 7) is 1.26. The first kappa shape index (κ1) is 15.1. The van der Waals surface area contributed by atoms with Crippen LogP contribution in [0.3, 0.4) is 0 Å². The van der Waals surface area contributed by atoms with Crippen molar-refractivity contribution >= 4 is 29.0 Å². The summed E-state index contributed by atoms with van der Waals surface area (Å²) in [7, 11) is 0. The van der Waals surface area contributed by atoms with Crippen molar-refractivity contribution in [3.8, 4) is 0 Å². The second-order valence-electron chi connectivity index (χ2n) is 5.26. The fourth-order valence-electron chi connectivity index (χ4n) is 2.61. The average Bonchev–Trinajstić information content (AvgIpc) is 2.55. The maximum absolute atomic E-state index is 11.8. The predicted molar refractivity (Wildman–Crippen MR) is 81.9 cm³/mol. The second kappa shape index (κ2) is 6.13. The molecular formula is C16H15N3O4. The zero-order valence-electron chi connectivity index (χ0n) is 12.3. The number of carbonyl (C=O) groups excluding carboxylic acids is 3. The molecule has 7 heteroatoms. The summed E-state index contributed by atoms with van der Waals surface area (Å²) in [6.07, 6.45) is 0.622. The summed E-state index contributed by atoms with van der Waals surface area (Å²) in [5.41, 5.74) is 6.82. The molecule has 2 heterocycles. The Balaban J connectivity index is 2.05. The number of benzene rings is 1. The van der Waals surface area contributed by atoms with Crippen LogP contribution in [0.15, 0.2) is 24.3 Å². The van der Waals surface area contributed by atoms with Crippen molar-refractivity contribution in [1.29, 1.82) is 0 Å². The number of fused-ring (bicyclic) bond motifs is 1. The normalized spacial score (nSPS) is 15.0. The van der Waals surface area contributed by atoms with E-state index in [2.05, 4.69) is 4.98 Å². The van der Waals surface area contributed by atoms with Crippen LogP contribution in [0.4, 0.5) is 0 Å². The Bertz CT molecular complexity index is 803. The molecule has 0 spiro atoms. The van der Waals surface area contributed by atoms with Crippen LogP contribution in [-0.2, 0) is 16.1 Å². The molecule has 2 aromatic rings. The number of nitrogens with two attached hydrogens (primary N) is 1. The summed E-state index contributed by atoms with van der Waals surface area (Å²) in [6, 6.07) is 6.82. The Labute approximate surface area is 132 Å². The molecule has 118 valence electrons. The van der Waals surface area contributed by atoms with Crippen molar-refractivity contribution in [2.75, 3.05) is 19.8 Å². The number of pyridine rings is 1. The highest BCUT2D eigenvalue weighted by Crippen LogP contribution is 2.21. The van der Waals surface area contributed by atoms with Crippen LogP contribution in [-0.4, -0.2) is 47.7 Å². The number of amides is 2. The topological polar surface area (TPSA) is 103 Å². The van der Waals surface area contributed by atoms with Gasteiger partial charge in [-0.2, -0.15) is 0 Å². The van der Waals surface area contributed by atoms with Crippen LogP contribution in [0, 0.1) is 0 Å². The molecule has 0 atom stereocenters. The summed E-state index contributed by atoms with van der Waals surface area (Å²) in [5, 5.41) is 0.697. The molecule has 1 aliphatic heterocycles. The Morgan fingerprint density at radius 2 is 2.26 bits per heavy atom. The lowest BCUT2D eigenvalue weighted by atomic mass is 10.0. The Morgan fingerprint density at radius 3 is 2.96 bits per heavy atom. The first-order valence-corrected chi connectivity index (χ1v) is 7.13. The Morgan fingerprint density at radius 1 is 1.43 bits per heavy atom. The lowest BCUT2D eigenvalue weighted by Gasteiger charge is -2.27. The standard InChI is InChI=1S/C16H15N3O4/c17-16(22)12-3-1-2-10-6-11(13(8-20)18-15(10)12)7-19-4-5-23-9-14(19)21/h1-3,6,8H,4-5,7,9H2,(H2,17,22). The molecule has 0 aliphatic carbocycles. The van der Waals surface area contributed by atoms with Crippen molar-refractivity contribution < 1.29 is 19.1 Å². The number of rotatable bonds is 4. The number of nitrogens with zero attached hydrogens (tertiary/aromatic N) is 2. The number of morpholine rings is 1. The Hall–Kier alpha value is -2.80. The van der Waals surface area contributed by atoms with Gasteiger partial charge in [0.05, 0.1) is 17.7 Å². The van der Waals surface area contributed by atoms with Crippen LogP contribution in [0.5, 0.6) is 0 Å². The number of primary amides is 1. The van der Waals surface area contributed by atoms with Gasteiger partial charge in [0.1, 0.15) is 12.3 Å². The van der Waals surface area contributed by atoms with Crippen molar-refractivity contribution in [1.82, 2.24) is 9.88 Å². The molecule has 0 radical (unpaired) electrons.